The molecule has 2 amide bonds. The second kappa shape index (κ2) is 13.2. The summed E-state index contributed by atoms with van der Waals surface area (Å²) >= 11 is 0. The molecule has 3 aromatic rings. The Balaban J connectivity index is 1.83. The summed E-state index contributed by atoms with van der Waals surface area (Å²) in [5, 5.41) is 2.66. The van der Waals surface area contributed by atoms with Crippen molar-refractivity contribution in [1.82, 2.24) is 10.2 Å². The molecule has 0 radical (unpaired) electrons. The molecule has 0 saturated carbocycles. The maximum Gasteiger partial charge on any atom is 0.242 e. The number of anilines is 1. The van der Waals surface area contributed by atoms with Crippen LogP contribution in [0.3, 0.4) is 0 Å². The van der Waals surface area contributed by atoms with Gasteiger partial charge in [-0.3, -0.25) is 13.9 Å². The van der Waals surface area contributed by atoms with E-state index in [-0.39, 0.29) is 37.7 Å². The van der Waals surface area contributed by atoms with Gasteiger partial charge in [0.1, 0.15) is 11.9 Å². The molecule has 3 rings (SSSR count). The number of amides is 2. The van der Waals surface area contributed by atoms with Crippen LogP contribution >= 0.6 is 0 Å². The fraction of sp³-hybridized carbons (Fsp3) is 0.310. The maximum absolute atomic E-state index is 13.6. The van der Waals surface area contributed by atoms with Crippen molar-refractivity contribution in [3.8, 4) is 0 Å². The lowest BCUT2D eigenvalue weighted by molar-refractivity contribution is -0.141. The van der Waals surface area contributed by atoms with E-state index in [9.17, 15) is 22.4 Å². The summed E-state index contributed by atoms with van der Waals surface area (Å²) in [5.74, 6) is -1.01. The lowest BCUT2D eigenvalue weighted by Crippen LogP contribution is -2.49. The van der Waals surface area contributed by atoms with Crippen molar-refractivity contribution in [2.75, 3.05) is 24.2 Å². The summed E-state index contributed by atoms with van der Waals surface area (Å²) in [5.41, 5.74) is 3.10. The van der Waals surface area contributed by atoms with Crippen molar-refractivity contribution in [3.63, 3.8) is 0 Å². The molecular formula is C29H34FN3O4S. The zero-order valence-electron chi connectivity index (χ0n) is 21.9. The van der Waals surface area contributed by atoms with Crippen molar-refractivity contribution >= 4 is 27.5 Å². The summed E-state index contributed by atoms with van der Waals surface area (Å²) in [4.78, 5) is 28.1. The monoisotopic (exact) mass is 539 g/mol. The third-order valence-electron chi connectivity index (χ3n) is 6.26. The number of halogens is 1. The normalized spacial score (nSPS) is 12.0. The fourth-order valence-corrected chi connectivity index (χ4v) is 5.19. The molecule has 7 nitrogen and oxygen atoms in total. The molecule has 1 N–H and O–H groups in total. The van der Waals surface area contributed by atoms with E-state index in [1.165, 1.54) is 28.4 Å². The number of nitrogens with zero attached hydrogens (tertiary/aromatic N) is 2. The second-order valence-corrected chi connectivity index (χ2v) is 11.1. The van der Waals surface area contributed by atoms with Crippen molar-refractivity contribution in [3.05, 3.63) is 101 Å². The molecule has 9 heteroatoms. The van der Waals surface area contributed by atoms with E-state index in [2.05, 4.69) is 5.32 Å². The van der Waals surface area contributed by atoms with Gasteiger partial charge >= 0.3 is 0 Å². The SMILES string of the molecule is CNC(=O)[C@H](Cc1ccccc1)N(Cc1ccc(F)cc1)C(=O)CCCN(c1ccc(C)cc1)S(C)(=O)=O. The number of rotatable bonds is 12. The number of likely N-dealkylation sites (N-methyl/N-ethyl adjacent to an activating group) is 1. The Labute approximate surface area is 224 Å². The number of hydrogen-bond donors (Lipinski definition) is 1. The van der Waals surface area contributed by atoms with E-state index in [4.69, 9.17) is 0 Å². The van der Waals surface area contributed by atoms with Crippen LogP contribution in [0.2, 0.25) is 0 Å². The first-order valence-electron chi connectivity index (χ1n) is 12.4. The zero-order chi connectivity index (χ0) is 27.7. The number of aryl methyl sites for hydroxylation is 1. The summed E-state index contributed by atoms with van der Waals surface area (Å²) in [6.45, 7) is 2.14. The standard InChI is InChI=1S/C29H34FN3O4S/c1-22-11-17-26(18-12-22)33(38(3,36)37)19-7-10-28(34)32(21-24-13-15-25(30)16-14-24)27(29(35)31-2)20-23-8-5-4-6-9-23/h4-6,8-9,11-18,27H,7,10,19-21H2,1-3H3,(H,31,35)/t27-/m0/s1. The minimum atomic E-state index is -3.57. The first kappa shape index (κ1) is 28.8. The maximum atomic E-state index is 13.6. The smallest absolute Gasteiger partial charge is 0.242 e. The van der Waals surface area contributed by atoms with E-state index in [0.29, 0.717) is 17.7 Å². The number of hydrogen-bond acceptors (Lipinski definition) is 4. The molecule has 0 aliphatic heterocycles. The van der Waals surface area contributed by atoms with Crippen LogP contribution in [-0.4, -0.2) is 51.0 Å². The van der Waals surface area contributed by atoms with E-state index < -0.39 is 21.9 Å². The predicted octanol–water partition coefficient (Wildman–Crippen LogP) is 4.07. The molecule has 0 aliphatic rings. The topological polar surface area (TPSA) is 86.8 Å². The van der Waals surface area contributed by atoms with Gasteiger partial charge in [-0.15, -0.1) is 0 Å². The van der Waals surface area contributed by atoms with Gasteiger partial charge in [0.2, 0.25) is 21.8 Å². The molecule has 0 saturated heterocycles. The molecule has 0 aromatic heterocycles. The van der Waals surface area contributed by atoms with Gasteiger partial charge < -0.3 is 10.2 Å². The van der Waals surface area contributed by atoms with Crippen molar-refractivity contribution in [2.45, 2.75) is 38.8 Å². The Hall–Kier alpha value is -3.72. The average molecular weight is 540 g/mol. The molecule has 0 heterocycles. The van der Waals surface area contributed by atoms with Gasteiger partial charge in [0, 0.05) is 33.0 Å². The van der Waals surface area contributed by atoms with Crippen LogP contribution in [-0.2, 0) is 32.6 Å². The molecule has 0 fully saturated rings. The Morgan fingerprint density at radius 1 is 0.921 bits per heavy atom. The number of nitrogens with one attached hydrogen (secondary N) is 1. The molecule has 0 aliphatic carbocycles. The van der Waals surface area contributed by atoms with Gasteiger partial charge in [-0.05, 0) is 48.7 Å². The molecule has 0 bridgehead atoms. The summed E-state index contributed by atoms with van der Waals surface area (Å²) in [6.07, 6.45) is 1.72. The third kappa shape index (κ3) is 8.14. The van der Waals surface area contributed by atoms with Crippen LogP contribution in [0.4, 0.5) is 10.1 Å². The van der Waals surface area contributed by atoms with E-state index in [1.54, 1.807) is 24.3 Å². The average Bonchev–Trinajstić information content (AvgIpc) is 2.89. The van der Waals surface area contributed by atoms with Gasteiger partial charge in [-0.2, -0.15) is 0 Å². The molecule has 1 atom stereocenters. The second-order valence-electron chi connectivity index (χ2n) is 9.24. The highest BCUT2D eigenvalue weighted by Gasteiger charge is 2.30. The summed E-state index contributed by atoms with van der Waals surface area (Å²) < 4.78 is 39.8. The largest absolute Gasteiger partial charge is 0.357 e. The Morgan fingerprint density at radius 2 is 1.55 bits per heavy atom. The molecule has 3 aromatic carbocycles. The van der Waals surface area contributed by atoms with Crippen molar-refractivity contribution in [2.24, 2.45) is 0 Å². The molecule has 0 unspecified atom stereocenters. The van der Waals surface area contributed by atoms with Crippen LogP contribution in [0, 0.1) is 12.7 Å². The van der Waals surface area contributed by atoms with Crippen molar-refractivity contribution < 1.29 is 22.4 Å². The van der Waals surface area contributed by atoms with Crippen LogP contribution in [0.5, 0.6) is 0 Å². The number of carbonyl (C=O) groups is 2. The number of benzene rings is 3. The Kier molecular flexibility index (Phi) is 10.0. The van der Waals surface area contributed by atoms with Gasteiger partial charge in [-0.25, -0.2) is 12.8 Å². The lowest BCUT2D eigenvalue weighted by atomic mass is 10.0. The number of carbonyl (C=O) groups excluding carboxylic acids is 2. The van der Waals surface area contributed by atoms with Crippen LogP contribution in [0.15, 0.2) is 78.9 Å². The first-order chi connectivity index (χ1) is 18.1. The highest BCUT2D eigenvalue weighted by Crippen LogP contribution is 2.21. The minimum Gasteiger partial charge on any atom is -0.357 e. The lowest BCUT2D eigenvalue weighted by Gasteiger charge is -2.31. The zero-order valence-corrected chi connectivity index (χ0v) is 22.7. The fourth-order valence-electron chi connectivity index (χ4n) is 4.22. The van der Waals surface area contributed by atoms with Gasteiger partial charge in [0.15, 0.2) is 0 Å². The summed E-state index contributed by atoms with van der Waals surface area (Å²) in [7, 11) is -2.05. The molecule has 38 heavy (non-hydrogen) atoms. The summed E-state index contributed by atoms with van der Waals surface area (Å²) in [6, 6.07) is 21.5. The van der Waals surface area contributed by atoms with Crippen LogP contribution in [0.25, 0.3) is 0 Å². The molecule has 202 valence electrons. The van der Waals surface area contributed by atoms with E-state index >= 15 is 0 Å². The van der Waals surface area contributed by atoms with Gasteiger partial charge in [0.25, 0.3) is 0 Å². The Bertz CT molecular complexity index is 1310. The van der Waals surface area contributed by atoms with Gasteiger partial charge in [-0.1, -0.05) is 60.2 Å². The van der Waals surface area contributed by atoms with Crippen molar-refractivity contribution in [1.29, 1.82) is 0 Å². The first-order valence-corrected chi connectivity index (χ1v) is 14.3. The van der Waals surface area contributed by atoms with Crippen LogP contribution in [0.1, 0.15) is 29.5 Å². The molecular weight excluding hydrogens is 505 g/mol. The number of sulfonamides is 1. The highest BCUT2D eigenvalue weighted by molar-refractivity contribution is 7.92. The van der Waals surface area contributed by atoms with Gasteiger partial charge in [0.05, 0.1) is 11.9 Å². The highest BCUT2D eigenvalue weighted by atomic mass is 32.2. The third-order valence-corrected chi connectivity index (χ3v) is 7.45. The predicted molar refractivity (Wildman–Crippen MR) is 148 cm³/mol. The van der Waals surface area contributed by atoms with Crippen LogP contribution < -0.4 is 9.62 Å². The minimum absolute atomic E-state index is 0.0291. The quantitative estimate of drug-likeness (QED) is 0.376. The van der Waals surface area contributed by atoms with E-state index in [1.807, 2.05) is 49.4 Å². The molecule has 0 spiro atoms. The Morgan fingerprint density at radius 3 is 2.13 bits per heavy atom. The van der Waals surface area contributed by atoms with E-state index in [0.717, 1.165) is 17.4 Å².